The smallest absolute Gasteiger partial charge is 0.335 e. The molecule has 0 spiro atoms. The van der Waals surface area contributed by atoms with Gasteiger partial charge in [0.1, 0.15) is 16.1 Å². The maximum Gasteiger partial charge on any atom is 0.335 e. The van der Waals surface area contributed by atoms with Gasteiger partial charge in [0, 0.05) is 0 Å². The second-order valence-corrected chi connectivity index (χ2v) is 17.0. The molecular weight excluding hydrogens is 272 g/mol. The van der Waals surface area contributed by atoms with E-state index in [2.05, 4.69) is 0 Å². The Bertz CT molecular complexity index is 334. The highest BCUT2D eigenvalue weighted by Gasteiger charge is 2.71. The van der Waals surface area contributed by atoms with Crippen molar-refractivity contribution >= 4 is 28.1 Å². The second-order valence-electron chi connectivity index (χ2n) is 6.53. The van der Waals surface area contributed by atoms with Gasteiger partial charge >= 0.3 is 11.9 Å². The summed E-state index contributed by atoms with van der Waals surface area (Å²) in [4.78, 5) is 22.9. The van der Waals surface area contributed by atoms with E-state index in [1.165, 1.54) is 39.3 Å². The summed E-state index contributed by atoms with van der Waals surface area (Å²) in [5.41, 5.74) is 0. The van der Waals surface area contributed by atoms with Crippen LogP contribution < -0.4 is 0 Å². The molecule has 2 atom stereocenters. The van der Waals surface area contributed by atoms with Crippen LogP contribution in [0.3, 0.4) is 0 Å². The van der Waals surface area contributed by atoms with E-state index >= 15 is 0 Å². The van der Waals surface area contributed by atoms with E-state index in [9.17, 15) is 30.0 Å². The maximum absolute atomic E-state index is 11.4. The van der Waals surface area contributed by atoms with Crippen LogP contribution in [-0.2, 0) is 9.59 Å². The highest BCUT2D eigenvalue weighted by Crippen LogP contribution is 2.39. The third kappa shape index (κ3) is 2.13. The lowest BCUT2D eigenvalue weighted by molar-refractivity contribution is -0.180. The van der Waals surface area contributed by atoms with Crippen LogP contribution in [-0.4, -0.2) is 59.0 Å². The molecule has 0 saturated heterocycles. The first-order valence-corrected chi connectivity index (χ1v) is 12.6. The molecular formula is C10H22O6Si2. The van der Waals surface area contributed by atoms with Crippen LogP contribution in [0.15, 0.2) is 0 Å². The molecule has 0 fully saturated rings. The first-order chi connectivity index (χ1) is 7.64. The lowest BCUT2D eigenvalue weighted by Crippen LogP contribution is -2.81. The van der Waals surface area contributed by atoms with Gasteiger partial charge in [-0.05, 0) is 0 Å². The van der Waals surface area contributed by atoms with Crippen molar-refractivity contribution in [2.45, 2.75) is 49.7 Å². The summed E-state index contributed by atoms with van der Waals surface area (Å²) < 4.78 is 0. The van der Waals surface area contributed by atoms with Crippen molar-refractivity contribution in [2.75, 3.05) is 0 Å². The van der Waals surface area contributed by atoms with Crippen LogP contribution in [0, 0.1) is 0 Å². The number of aliphatic carboxylic acids is 2. The number of carboxylic acids is 2. The Morgan fingerprint density at radius 2 is 0.889 bits per heavy atom. The van der Waals surface area contributed by atoms with Gasteiger partial charge in [0.05, 0.1) is 0 Å². The number of rotatable bonds is 5. The highest BCUT2D eigenvalue weighted by molar-refractivity contribution is 6.89. The number of aliphatic hydroxyl groups is 2. The molecule has 0 aliphatic rings. The zero-order valence-electron chi connectivity index (χ0n) is 11.6. The van der Waals surface area contributed by atoms with E-state index in [-0.39, 0.29) is 0 Å². The molecule has 6 nitrogen and oxygen atoms in total. The molecule has 106 valence electrons. The monoisotopic (exact) mass is 294 g/mol. The van der Waals surface area contributed by atoms with E-state index in [1.54, 1.807) is 0 Å². The predicted octanol–water partition coefficient (Wildman–Crippen LogP) is 0.373. The van der Waals surface area contributed by atoms with Crippen molar-refractivity contribution in [1.29, 1.82) is 0 Å². The number of hydrogen-bond donors (Lipinski definition) is 4. The molecule has 0 bridgehead atoms. The van der Waals surface area contributed by atoms with E-state index in [0.29, 0.717) is 0 Å². The summed E-state index contributed by atoms with van der Waals surface area (Å²) in [7, 11) is -5.84. The molecule has 0 aromatic rings. The van der Waals surface area contributed by atoms with Gasteiger partial charge < -0.3 is 20.4 Å². The molecule has 0 rings (SSSR count). The minimum Gasteiger partial charge on any atom is -0.479 e. The largest absolute Gasteiger partial charge is 0.479 e. The zero-order chi connectivity index (χ0) is 15.2. The maximum atomic E-state index is 11.4. The Hall–Kier alpha value is -0.706. The van der Waals surface area contributed by atoms with Gasteiger partial charge in [0.15, 0.2) is 10.4 Å². The summed E-state index contributed by atoms with van der Waals surface area (Å²) in [6, 6.07) is 0. The van der Waals surface area contributed by atoms with Crippen molar-refractivity contribution in [3.63, 3.8) is 0 Å². The predicted molar refractivity (Wildman–Crippen MR) is 71.9 cm³/mol. The molecule has 0 heterocycles. The fourth-order valence-corrected chi connectivity index (χ4v) is 7.95. The molecule has 0 saturated carbocycles. The average Bonchev–Trinajstić information content (AvgIpc) is 2.10. The number of carbonyl (C=O) groups is 2. The molecule has 0 aromatic carbocycles. The van der Waals surface area contributed by atoms with Crippen LogP contribution in [0.1, 0.15) is 0 Å². The van der Waals surface area contributed by atoms with Crippen LogP contribution in [0.5, 0.6) is 0 Å². The van der Waals surface area contributed by atoms with Gasteiger partial charge in [-0.1, -0.05) is 39.3 Å². The third-order valence-corrected chi connectivity index (χ3v) is 9.06. The van der Waals surface area contributed by atoms with Gasteiger partial charge in [-0.25, -0.2) is 9.59 Å². The molecule has 0 aliphatic heterocycles. The molecule has 4 N–H and O–H groups in total. The molecule has 0 amide bonds. The Morgan fingerprint density at radius 3 is 0.944 bits per heavy atom. The molecule has 18 heavy (non-hydrogen) atoms. The van der Waals surface area contributed by atoms with Gasteiger partial charge in [-0.15, -0.1) is 0 Å². The lowest BCUT2D eigenvalue weighted by atomic mass is 10.2. The van der Waals surface area contributed by atoms with Crippen LogP contribution in [0.25, 0.3) is 0 Å². The minimum atomic E-state index is -2.92. The van der Waals surface area contributed by atoms with Gasteiger partial charge in [-0.2, -0.15) is 0 Å². The standard InChI is InChI=1S/C10H22O6Si2/c1-17(2,3)9(15,7(11)12)10(16,8(13)14)18(4,5)6/h15-16H,1-6H3,(H,11,12)(H,13,14). The SMILES string of the molecule is C[Si](C)(C)C(O)(C(=O)O)C(O)(C(=O)O)[Si](C)(C)C. The molecule has 0 radical (unpaired) electrons. The van der Waals surface area contributed by atoms with E-state index < -0.39 is 38.5 Å². The Kier molecular flexibility index (Phi) is 4.27. The summed E-state index contributed by atoms with van der Waals surface area (Å²) in [5.74, 6) is -3.34. The van der Waals surface area contributed by atoms with Crippen molar-refractivity contribution in [3.05, 3.63) is 0 Å². The molecule has 0 aliphatic carbocycles. The van der Waals surface area contributed by atoms with Gasteiger partial charge in [0.2, 0.25) is 0 Å². The Morgan fingerprint density at radius 1 is 0.722 bits per heavy atom. The first-order valence-electron chi connectivity index (χ1n) is 5.55. The second kappa shape index (κ2) is 4.44. The van der Waals surface area contributed by atoms with E-state index in [1.807, 2.05) is 0 Å². The number of hydrogen-bond acceptors (Lipinski definition) is 4. The van der Waals surface area contributed by atoms with E-state index in [4.69, 9.17) is 0 Å². The molecule has 2 unspecified atom stereocenters. The highest BCUT2D eigenvalue weighted by atomic mass is 28.3. The molecule has 0 aromatic heterocycles. The first kappa shape index (κ1) is 17.3. The van der Waals surface area contributed by atoms with Crippen molar-refractivity contribution in [1.82, 2.24) is 0 Å². The Balaban J connectivity index is 6.37. The Labute approximate surface area is 108 Å². The topological polar surface area (TPSA) is 115 Å². The van der Waals surface area contributed by atoms with Gasteiger partial charge in [0.25, 0.3) is 0 Å². The van der Waals surface area contributed by atoms with Crippen LogP contribution in [0.2, 0.25) is 39.3 Å². The lowest BCUT2D eigenvalue weighted by Gasteiger charge is -2.49. The minimum absolute atomic E-state index is 1.52. The average molecular weight is 294 g/mol. The fraction of sp³-hybridized carbons (Fsp3) is 0.800. The number of carboxylic acid groups (broad SMARTS) is 2. The summed E-state index contributed by atoms with van der Waals surface area (Å²) in [5, 5.41) is 34.4. The fourth-order valence-electron chi connectivity index (χ4n) is 2.04. The van der Waals surface area contributed by atoms with Crippen LogP contribution >= 0.6 is 0 Å². The summed E-state index contributed by atoms with van der Waals surface area (Å²) >= 11 is 0. The summed E-state index contributed by atoms with van der Waals surface area (Å²) in [6.07, 6.45) is 0. The van der Waals surface area contributed by atoms with Gasteiger partial charge in [-0.3, -0.25) is 0 Å². The quantitative estimate of drug-likeness (QED) is 0.545. The van der Waals surface area contributed by atoms with Crippen molar-refractivity contribution < 1.29 is 30.0 Å². The van der Waals surface area contributed by atoms with E-state index in [0.717, 1.165) is 0 Å². The van der Waals surface area contributed by atoms with Crippen molar-refractivity contribution in [2.24, 2.45) is 0 Å². The van der Waals surface area contributed by atoms with Crippen molar-refractivity contribution in [3.8, 4) is 0 Å². The third-order valence-electron chi connectivity index (χ3n) is 3.31. The molecule has 8 heteroatoms. The normalized spacial score (nSPS) is 19.8. The summed E-state index contributed by atoms with van der Waals surface area (Å²) in [6.45, 7) is 9.14. The zero-order valence-corrected chi connectivity index (χ0v) is 13.6. The van der Waals surface area contributed by atoms with Crippen LogP contribution in [0.4, 0.5) is 0 Å².